The summed E-state index contributed by atoms with van der Waals surface area (Å²) in [5.41, 5.74) is -0.252. The van der Waals surface area contributed by atoms with Crippen molar-refractivity contribution in [1.82, 2.24) is 9.55 Å². The quantitative estimate of drug-likeness (QED) is 0.490. The fraction of sp³-hybridized carbons (Fsp3) is 0.556. The van der Waals surface area contributed by atoms with E-state index in [9.17, 15) is 14.4 Å². The number of nitrogens with zero attached hydrogens (tertiary/aromatic N) is 2. The molecule has 0 bridgehead atoms. The van der Waals surface area contributed by atoms with Gasteiger partial charge < -0.3 is 9.47 Å². The van der Waals surface area contributed by atoms with Crippen LogP contribution in [-0.2, 0) is 14.3 Å². The van der Waals surface area contributed by atoms with Gasteiger partial charge in [-0.3, -0.25) is 9.36 Å². The van der Waals surface area contributed by atoms with E-state index in [0.29, 0.717) is 18.0 Å². The van der Waals surface area contributed by atoms with Crippen molar-refractivity contribution in [3.63, 3.8) is 0 Å². The standard InChI is InChI=1S/C18H24N2O5S/c1-4-6-8-24-17(22)12(3)20-11-19-15-14(16(20)21)13(10-26-15)18(23)25-9-7-5-2/h10-12H,4-9H2,1-3H3. The lowest BCUT2D eigenvalue weighted by molar-refractivity contribution is -0.147. The number of ether oxygens (including phenoxy) is 2. The molecule has 0 aliphatic heterocycles. The van der Waals surface area contributed by atoms with E-state index >= 15 is 0 Å². The maximum atomic E-state index is 12.8. The molecule has 0 saturated carbocycles. The normalized spacial score (nSPS) is 12.1. The molecule has 2 rings (SSSR count). The minimum atomic E-state index is -0.819. The van der Waals surface area contributed by atoms with Crippen LogP contribution >= 0.6 is 11.3 Å². The molecule has 2 aromatic rings. The summed E-state index contributed by atoms with van der Waals surface area (Å²) in [4.78, 5) is 41.9. The third kappa shape index (κ3) is 4.49. The van der Waals surface area contributed by atoms with E-state index in [1.54, 1.807) is 12.3 Å². The van der Waals surface area contributed by atoms with Gasteiger partial charge in [0, 0.05) is 5.38 Å². The number of carbonyl (C=O) groups is 2. The number of rotatable bonds is 9. The van der Waals surface area contributed by atoms with Crippen molar-refractivity contribution in [3.05, 3.63) is 27.6 Å². The molecule has 142 valence electrons. The van der Waals surface area contributed by atoms with Crippen LogP contribution in [0.25, 0.3) is 10.2 Å². The van der Waals surface area contributed by atoms with Crippen molar-refractivity contribution in [2.45, 2.75) is 52.5 Å². The van der Waals surface area contributed by atoms with Crippen molar-refractivity contribution in [1.29, 1.82) is 0 Å². The van der Waals surface area contributed by atoms with Crippen LogP contribution in [0.1, 0.15) is 62.9 Å². The van der Waals surface area contributed by atoms with Crippen molar-refractivity contribution in [2.75, 3.05) is 13.2 Å². The number of aromatic nitrogens is 2. The molecule has 1 unspecified atom stereocenters. The zero-order valence-corrected chi connectivity index (χ0v) is 16.1. The second-order valence-electron chi connectivity index (χ2n) is 5.97. The molecule has 0 aliphatic rings. The molecule has 0 aromatic carbocycles. The lowest BCUT2D eigenvalue weighted by Gasteiger charge is -2.14. The Morgan fingerprint density at radius 1 is 1.19 bits per heavy atom. The maximum absolute atomic E-state index is 12.8. The lowest BCUT2D eigenvalue weighted by atomic mass is 10.2. The summed E-state index contributed by atoms with van der Waals surface area (Å²) < 4.78 is 11.6. The van der Waals surface area contributed by atoms with Gasteiger partial charge in [0.1, 0.15) is 10.9 Å². The van der Waals surface area contributed by atoms with E-state index in [1.165, 1.54) is 22.2 Å². The van der Waals surface area contributed by atoms with Crippen LogP contribution in [0, 0.1) is 0 Å². The summed E-state index contributed by atoms with van der Waals surface area (Å²) in [5.74, 6) is -1.04. The Kier molecular flexibility index (Phi) is 7.32. The van der Waals surface area contributed by atoms with E-state index < -0.39 is 23.5 Å². The Balaban J connectivity index is 2.28. The first-order chi connectivity index (χ1) is 12.5. The van der Waals surface area contributed by atoms with Crippen LogP contribution in [0.2, 0.25) is 0 Å². The van der Waals surface area contributed by atoms with Crippen LogP contribution in [-0.4, -0.2) is 34.7 Å². The van der Waals surface area contributed by atoms with Gasteiger partial charge in [0.05, 0.1) is 30.5 Å². The molecular weight excluding hydrogens is 356 g/mol. The summed E-state index contributed by atoms with van der Waals surface area (Å²) in [6, 6.07) is -0.819. The maximum Gasteiger partial charge on any atom is 0.339 e. The zero-order chi connectivity index (χ0) is 19.1. The summed E-state index contributed by atoms with van der Waals surface area (Å²) in [6.45, 7) is 6.20. The lowest BCUT2D eigenvalue weighted by Crippen LogP contribution is -2.30. The van der Waals surface area contributed by atoms with Gasteiger partial charge in [-0.25, -0.2) is 14.6 Å². The first kappa shape index (κ1) is 20.1. The topological polar surface area (TPSA) is 87.5 Å². The molecule has 0 aliphatic carbocycles. The highest BCUT2D eigenvalue weighted by Crippen LogP contribution is 2.22. The van der Waals surface area contributed by atoms with Crippen molar-refractivity contribution in [3.8, 4) is 0 Å². The number of hydrogen-bond donors (Lipinski definition) is 0. The van der Waals surface area contributed by atoms with Crippen molar-refractivity contribution < 1.29 is 19.1 Å². The van der Waals surface area contributed by atoms with Crippen molar-refractivity contribution >= 4 is 33.5 Å². The molecule has 0 saturated heterocycles. The Bertz CT molecular complexity index is 827. The van der Waals surface area contributed by atoms with E-state index in [4.69, 9.17) is 9.47 Å². The van der Waals surface area contributed by atoms with E-state index in [0.717, 1.165) is 25.7 Å². The summed E-state index contributed by atoms with van der Waals surface area (Å²) in [6.07, 6.45) is 4.66. The fourth-order valence-corrected chi connectivity index (χ4v) is 3.18. The van der Waals surface area contributed by atoms with Crippen LogP contribution in [0.5, 0.6) is 0 Å². The second kappa shape index (κ2) is 9.47. The van der Waals surface area contributed by atoms with Gasteiger partial charge in [-0.05, 0) is 19.8 Å². The number of fused-ring (bicyclic) bond motifs is 1. The van der Waals surface area contributed by atoms with Gasteiger partial charge in [0.15, 0.2) is 0 Å². The molecule has 0 N–H and O–H groups in total. The summed E-state index contributed by atoms with van der Waals surface area (Å²) in [5, 5.41) is 1.76. The number of thiophene rings is 1. The third-order valence-corrected chi connectivity index (χ3v) is 4.86. The van der Waals surface area contributed by atoms with Crippen molar-refractivity contribution in [2.24, 2.45) is 0 Å². The molecular formula is C18H24N2O5S. The largest absolute Gasteiger partial charge is 0.464 e. The highest BCUT2D eigenvalue weighted by Gasteiger charge is 2.23. The Morgan fingerprint density at radius 2 is 1.85 bits per heavy atom. The second-order valence-corrected chi connectivity index (χ2v) is 6.83. The van der Waals surface area contributed by atoms with Crippen LogP contribution in [0.4, 0.5) is 0 Å². The predicted molar refractivity (Wildman–Crippen MR) is 99.6 cm³/mol. The zero-order valence-electron chi connectivity index (χ0n) is 15.3. The fourth-order valence-electron chi connectivity index (χ4n) is 2.31. The van der Waals surface area contributed by atoms with Crippen LogP contribution in [0.3, 0.4) is 0 Å². The number of hydrogen-bond acceptors (Lipinski definition) is 7. The molecule has 2 aromatic heterocycles. The molecule has 0 spiro atoms. The minimum absolute atomic E-state index is 0.187. The Morgan fingerprint density at radius 3 is 2.50 bits per heavy atom. The van der Waals surface area contributed by atoms with Gasteiger partial charge in [-0.2, -0.15) is 0 Å². The van der Waals surface area contributed by atoms with E-state index in [1.807, 2.05) is 13.8 Å². The SMILES string of the molecule is CCCCOC(=O)c1csc2ncn(C(C)C(=O)OCCCC)c(=O)c12. The third-order valence-electron chi connectivity index (χ3n) is 3.97. The van der Waals surface area contributed by atoms with E-state index in [2.05, 4.69) is 4.98 Å². The van der Waals surface area contributed by atoms with Gasteiger partial charge in [0.2, 0.25) is 0 Å². The summed E-state index contributed by atoms with van der Waals surface area (Å²) in [7, 11) is 0. The molecule has 0 radical (unpaired) electrons. The molecule has 2 heterocycles. The molecule has 0 amide bonds. The smallest absolute Gasteiger partial charge is 0.339 e. The van der Waals surface area contributed by atoms with Crippen LogP contribution < -0.4 is 5.56 Å². The van der Waals surface area contributed by atoms with Gasteiger partial charge >= 0.3 is 11.9 Å². The Hall–Kier alpha value is -2.22. The molecule has 1 atom stereocenters. The minimum Gasteiger partial charge on any atom is -0.464 e. The molecule has 7 nitrogen and oxygen atoms in total. The highest BCUT2D eigenvalue weighted by molar-refractivity contribution is 7.17. The number of esters is 2. The highest BCUT2D eigenvalue weighted by atomic mass is 32.1. The average Bonchev–Trinajstić information content (AvgIpc) is 3.07. The van der Waals surface area contributed by atoms with Gasteiger partial charge in [0.25, 0.3) is 5.56 Å². The predicted octanol–water partition coefficient (Wildman–Crippen LogP) is 3.32. The first-order valence-electron chi connectivity index (χ1n) is 8.83. The number of unbranched alkanes of at least 4 members (excludes halogenated alkanes) is 2. The molecule has 0 fully saturated rings. The number of carbonyl (C=O) groups excluding carboxylic acids is 2. The van der Waals surface area contributed by atoms with Gasteiger partial charge in [-0.1, -0.05) is 26.7 Å². The Labute approximate surface area is 155 Å². The monoisotopic (exact) mass is 380 g/mol. The molecule has 26 heavy (non-hydrogen) atoms. The molecule has 8 heteroatoms. The average molecular weight is 380 g/mol. The first-order valence-corrected chi connectivity index (χ1v) is 9.71. The van der Waals surface area contributed by atoms with Gasteiger partial charge in [-0.15, -0.1) is 11.3 Å². The van der Waals surface area contributed by atoms with E-state index in [-0.39, 0.29) is 10.9 Å². The van der Waals surface area contributed by atoms with Crippen LogP contribution in [0.15, 0.2) is 16.5 Å². The summed E-state index contributed by atoms with van der Waals surface area (Å²) >= 11 is 1.20.